The third-order valence-electron chi connectivity index (χ3n) is 4.04. The van der Waals surface area contributed by atoms with Gasteiger partial charge in [-0.3, -0.25) is 19.0 Å². The van der Waals surface area contributed by atoms with Crippen molar-refractivity contribution in [3.05, 3.63) is 62.0 Å². The maximum absolute atomic E-state index is 12.9. The average molecular weight is 406 g/mol. The van der Waals surface area contributed by atoms with Crippen LogP contribution in [0.3, 0.4) is 0 Å². The molecular weight excluding hydrogens is 390 g/mol. The van der Waals surface area contributed by atoms with E-state index in [1.807, 2.05) is 18.2 Å². The van der Waals surface area contributed by atoms with Gasteiger partial charge < -0.3 is 10.1 Å². The molecule has 0 spiro atoms. The number of halogens is 1. The molecule has 140 valence electrons. The predicted octanol–water partition coefficient (Wildman–Crippen LogP) is 2.37. The smallest absolute Gasteiger partial charge is 0.325 e. The summed E-state index contributed by atoms with van der Waals surface area (Å²) in [5.74, 6) is -1.000. The number of esters is 1. The van der Waals surface area contributed by atoms with Crippen LogP contribution in [0, 0.1) is 6.92 Å². The van der Waals surface area contributed by atoms with E-state index in [1.54, 1.807) is 13.0 Å². The van der Waals surface area contributed by atoms with Gasteiger partial charge in [0.15, 0.2) is 0 Å². The third kappa shape index (κ3) is 3.86. The zero-order chi connectivity index (χ0) is 19.6. The minimum atomic E-state index is -0.553. The molecule has 0 saturated heterocycles. The Balaban J connectivity index is 1.95. The van der Waals surface area contributed by atoms with Crippen LogP contribution in [0.4, 0.5) is 0 Å². The number of thiophene rings is 1. The normalized spacial score (nSPS) is 10.8. The molecule has 0 aliphatic carbocycles. The SMILES string of the molecule is COC(=O)CNC(=O)c1sc2ncn(Cc3ccccc3Cl)c(=O)c2c1C. The summed E-state index contributed by atoms with van der Waals surface area (Å²) in [6.07, 6.45) is 1.44. The fourth-order valence-corrected chi connectivity index (χ4v) is 3.85. The van der Waals surface area contributed by atoms with E-state index >= 15 is 0 Å². The highest BCUT2D eigenvalue weighted by molar-refractivity contribution is 7.20. The van der Waals surface area contributed by atoms with Crippen LogP contribution >= 0.6 is 22.9 Å². The summed E-state index contributed by atoms with van der Waals surface area (Å²) in [6.45, 7) is 1.72. The number of nitrogens with zero attached hydrogens (tertiary/aromatic N) is 2. The van der Waals surface area contributed by atoms with Crippen LogP contribution in [0.5, 0.6) is 0 Å². The molecule has 1 aromatic carbocycles. The second kappa shape index (κ2) is 7.89. The lowest BCUT2D eigenvalue weighted by Crippen LogP contribution is -2.30. The van der Waals surface area contributed by atoms with Gasteiger partial charge in [0.25, 0.3) is 11.5 Å². The zero-order valence-electron chi connectivity index (χ0n) is 14.6. The quantitative estimate of drug-likeness (QED) is 0.658. The second-order valence-corrected chi connectivity index (χ2v) is 7.17. The third-order valence-corrected chi connectivity index (χ3v) is 5.61. The Labute approximate surface area is 163 Å². The van der Waals surface area contributed by atoms with Gasteiger partial charge in [0.2, 0.25) is 0 Å². The van der Waals surface area contributed by atoms with Crippen LogP contribution < -0.4 is 10.9 Å². The van der Waals surface area contributed by atoms with Crippen molar-refractivity contribution in [2.24, 2.45) is 0 Å². The van der Waals surface area contributed by atoms with E-state index in [4.69, 9.17) is 11.6 Å². The van der Waals surface area contributed by atoms with E-state index < -0.39 is 11.9 Å². The molecule has 3 rings (SSSR count). The summed E-state index contributed by atoms with van der Waals surface area (Å²) >= 11 is 7.28. The van der Waals surface area contributed by atoms with Crippen LogP contribution in [0.25, 0.3) is 10.2 Å². The van der Waals surface area contributed by atoms with Crippen molar-refractivity contribution in [2.75, 3.05) is 13.7 Å². The Bertz CT molecular complexity index is 1090. The number of benzene rings is 1. The number of aryl methyl sites for hydroxylation is 1. The molecule has 0 aliphatic rings. The lowest BCUT2D eigenvalue weighted by atomic mass is 10.2. The molecule has 0 fully saturated rings. The van der Waals surface area contributed by atoms with Crippen LogP contribution in [0.2, 0.25) is 5.02 Å². The van der Waals surface area contributed by atoms with Crippen molar-refractivity contribution in [1.29, 1.82) is 0 Å². The second-order valence-electron chi connectivity index (χ2n) is 5.76. The minimum Gasteiger partial charge on any atom is -0.468 e. The number of ether oxygens (including phenoxy) is 1. The van der Waals surface area contributed by atoms with Crippen LogP contribution in [0.1, 0.15) is 20.8 Å². The number of rotatable bonds is 5. The topological polar surface area (TPSA) is 90.3 Å². The first-order valence-electron chi connectivity index (χ1n) is 7.99. The van der Waals surface area contributed by atoms with Crippen molar-refractivity contribution < 1.29 is 14.3 Å². The Morgan fingerprint density at radius 2 is 2.07 bits per heavy atom. The maximum atomic E-state index is 12.9. The van der Waals surface area contributed by atoms with Gasteiger partial charge in [0.1, 0.15) is 11.4 Å². The van der Waals surface area contributed by atoms with Gasteiger partial charge in [-0.15, -0.1) is 11.3 Å². The van der Waals surface area contributed by atoms with E-state index in [-0.39, 0.29) is 18.6 Å². The summed E-state index contributed by atoms with van der Waals surface area (Å²) in [4.78, 5) is 41.5. The number of methoxy groups -OCH3 is 1. The Hall–Kier alpha value is -2.71. The molecular formula is C18H16ClN3O4S. The van der Waals surface area contributed by atoms with E-state index in [0.717, 1.165) is 16.9 Å². The summed E-state index contributed by atoms with van der Waals surface area (Å²) in [6, 6.07) is 7.26. The molecule has 0 radical (unpaired) electrons. The van der Waals surface area contributed by atoms with Crippen molar-refractivity contribution in [3.8, 4) is 0 Å². The highest BCUT2D eigenvalue weighted by atomic mass is 35.5. The standard InChI is InChI=1S/C18H16ClN3O4S/c1-10-14-17(27-15(10)16(24)20-7-13(23)26-2)21-9-22(18(14)25)8-11-5-3-4-6-12(11)19/h3-6,9H,7-8H2,1-2H3,(H,20,24). The first-order chi connectivity index (χ1) is 12.9. The van der Waals surface area contributed by atoms with Gasteiger partial charge in [-0.1, -0.05) is 29.8 Å². The van der Waals surface area contributed by atoms with Crippen molar-refractivity contribution in [3.63, 3.8) is 0 Å². The monoisotopic (exact) mass is 405 g/mol. The first-order valence-corrected chi connectivity index (χ1v) is 9.18. The van der Waals surface area contributed by atoms with Gasteiger partial charge in [-0.25, -0.2) is 4.98 Å². The number of fused-ring (bicyclic) bond motifs is 1. The van der Waals surface area contributed by atoms with E-state index in [9.17, 15) is 14.4 Å². The highest BCUT2D eigenvalue weighted by Gasteiger charge is 2.20. The predicted molar refractivity (Wildman–Crippen MR) is 104 cm³/mol. The van der Waals surface area contributed by atoms with Crippen molar-refractivity contribution >= 4 is 45.0 Å². The number of aromatic nitrogens is 2. The summed E-state index contributed by atoms with van der Waals surface area (Å²) in [5.41, 5.74) is 1.08. The molecule has 0 saturated carbocycles. The lowest BCUT2D eigenvalue weighted by molar-refractivity contribution is -0.139. The molecule has 0 unspecified atom stereocenters. The zero-order valence-corrected chi connectivity index (χ0v) is 16.2. The number of hydrogen-bond acceptors (Lipinski definition) is 6. The van der Waals surface area contributed by atoms with Crippen molar-refractivity contribution in [2.45, 2.75) is 13.5 Å². The molecule has 3 aromatic rings. The van der Waals surface area contributed by atoms with E-state index in [2.05, 4.69) is 15.0 Å². The number of hydrogen-bond donors (Lipinski definition) is 1. The van der Waals surface area contributed by atoms with Crippen LogP contribution in [-0.4, -0.2) is 35.1 Å². The van der Waals surface area contributed by atoms with Crippen molar-refractivity contribution in [1.82, 2.24) is 14.9 Å². The number of carbonyl (C=O) groups is 2. The number of carbonyl (C=O) groups excluding carboxylic acids is 2. The molecule has 0 atom stereocenters. The van der Waals surface area contributed by atoms with Crippen LogP contribution in [-0.2, 0) is 16.1 Å². The Kier molecular flexibility index (Phi) is 5.57. The largest absolute Gasteiger partial charge is 0.468 e. The van der Waals surface area contributed by atoms with Gasteiger partial charge >= 0.3 is 5.97 Å². The molecule has 9 heteroatoms. The molecule has 27 heavy (non-hydrogen) atoms. The molecule has 0 aliphatic heterocycles. The molecule has 7 nitrogen and oxygen atoms in total. The molecule has 2 aromatic heterocycles. The Morgan fingerprint density at radius 3 is 2.78 bits per heavy atom. The lowest BCUT2D eigenvalue weighted by Gasteiger charge is -2.07. The summed E-state index contributed by atoms with van der Waals surface area (Å²) in [5, 5.41) is 3.43. The average Bonchev–Trinajstić information content (AvgIpc) is 3.00. The molecule has 1 N–H and O–H groups in total. The molecule has 0 bridgehead atoms. The van der Waals surface area contributed by atoms with Gasteiger partial charge in [0.05, 0.1) is 30.2 Å². The van der Waals surface area contributed by atoms with E-state index in [0.29, 0.717) is 25.7 Å². The summed E-state index contributed by atoms with van der Waals surface area (Å²) in [7, 11) is 1.24. The van der Waals surface area contributed by atoms with Crippen LogP contribution in [0.15, 0.2) is 35.4 Å². The molecule has 2 heterocycles. The van der Waals surface area contributed by atoms with E-state index in [1.165, 1.54) is 18.0 Å². The number of amides is 1. The maximum Gasteiger partial charge on any atom is 0.325 e. The van der Waals surface area contributed by atoms with Gasteiger partial charge in [-0.2, -0.15) is 0 Å². The fraction of sp³-hybridized carbons (Fsp3) is 0.222. The Morgan fingerprint density at radius 1 is 1.33 bits per heavy atom. The van der Waals surface area contributed by atoms with Gasteiger partial charge in [0, 0.05) is 5.02 Å². The highest BCUT2D eigenvalue weighted by Crippen LogP contribution is 2.27. The molecule has 1 amide bonds. The minimum absolute atomic E-state index is 0.243. The number of nitrogens with one attached hydrogen (secondary N) is 1. The summed E-state index contributed by atoms with van der Waals surface area (Å²) < 4.78 is 5.96. The first kappa shape index (κ1) is 19.1. The fourth-order valence-electron chi connectivity index (χ4n) is 2.60. The van der Waals surface area contributed by atoms with Gasteiger partial charge in [-0.05, 0) is 24.1 Å².